The summed E-state index contributed by atoms with van der Waals surface area (Å²) < 4.78 is 0. The summed E-state index contributed by atoms with van der Waals surface area (Å²) in [4.78, 5) is 11.0. The van der Waals surface area contributed by atoms with Gasteiger partial charge in [-0.25, -0.2) is 4.79 Å². The zero-order valence-electron chi connectivity index (χ0n) is 16.2. The molecule has 0 unspecified atom stereocenters. The van der Waals surface area contributed by atoms with Crippen LogP contribution in [-0.2, 0) is 4.79 Å². The molecule has 1 N–H and O–H groups in total. The second-order valence-electron chi connectivity index (χ2n) is 6.97. The molecule has 0 aliphatic heterocycles. The maximum atomic E-state index is 11.0. The van der Waals surface area contributed by atoms with Crippen LogP contribution in [0.3, 0.4) is 0 Å². The van der Waals surface area contributed by atoms with E-state index in [1.807, 2.05) is 6.92 Å². The number of carbonyl (C=O) groups is 1. The van der Waals surface area contributed by atoms with Gasteiger partial charge in [-0.1, -0.05) is 60.2 Å². The summed E-state index contributed by atoms with van der Waals surface area (Å²) in [6, 6.07) is 32.4. The Morgan fingerprint density at radius 1 is 0.786 bits per heavy atom. The fraction of sp³-hybridized carbons (Fsp3) is 0.160. The maximum absolute atomic E-state index is 11.0. The number of aliphatic carboxylic acids is 1. The summed E-state index contributed by atoms with van der Waals surface area (Å²) >= 11 is 0. The molecule has 0 saturated heterocycles. The molecule has 0 heterocycles. The van der Waals surface area contributed by atoms with Gasteiger partial charge < -0.3 is 5.11 Å². The summed E-state index contributed by atoms with van der Waals surface area (Å²) in [7, 11) is -1.82. The van der Waals surface area contributed by atoms with Crippen LogP contribution in [0.15, 0.2) is 103 Å². The van der Waals surface area contributed by atoms with E-state index in [0.717, 1.165) is 24.6 Å². The van der Waals surface area contributed by atoms with E-state index in [0.29, 0.717) is 0 Å². The van der Waals surface area contributed by atoms with Gasteiger partial charge in [-0.05, 0) is 56.2 Å². The first-order valence-corrected chi connectivity index (χ1v) is 11.6. The van der Waals surface area contributed by atoms with Crippen LogP contribution in [0.2, 0.25) is 0 Å². The molecule has 0 aliphatic carbocycles. The van der Waals surface area contributed by atoms with Crippen molar-refractivity contribution in [3.8, 4) is 0 Å². The molecule has 142 valence electrons. The Labute approximate surface area is 167 Å². The normalized spacial score (nSPS) is 12.0. The molecular formula is C25H26O2P+. The number of carboxylic acid groups (broad SMARTS) is 1. The van der Waals surface area contributed by atoms with E-state index in [9.17, 15) is 4.79 Å². The van der Waals surface area contributed by atoms with E-state index < -0.39 is 13.2 Å². The van der Waals surface area contributed by atoms with Gasteiger partial charge in [0.1, 0.15) is 23.2 Å². The summed E-state index contributed by atoms with van der Waals surface area (Å²) in [5.74, 6) is -0.868. The molecule has 3 rings (SSSR count). The highest BCUT2D eigenvalue weighted by Crippen LogP contribution is 2.56. The number of hydrogen-bond donors (Lipinski definition) is 1. The highest BCUT2D eigenvalue weighted by atomic mass is 31.2. The Hall–Kier alpha value is -2.70. The molecular weight excluding hydrogens is 363 g/mol. The van der Waals surface area contributed by atoms with Crippen molar-refractivity contribution in [1.29, 1.82) is 0 Å². The first kappa shape index (κ1) is 20.0. The van der Waals surface area contributed by atoms with Gasteiger partial charge in [0.05, 0.1) is 6.16 Å². The number of rotatable bonds is 8. The minimum atomic E-state index is -1.82. The lowest BCUT2D eigenvalue weighted by Gasteiger charge is -2.27. The van der Waals surface area contributed by atoms with E-state index in [1.165, 1.54) is 22.0 Å². The molecule has 0 spiro atoms. The van der Waals surface area contributed by atoms with Gasteiger partial charge in [0.2, 0.25) is 0 Å². The number of hydrogen-bond acceptors (Lipinski definition) is 1. The summed E-state index contributed by atoms with van der Waals surface area (Å²) in [5.41, 5.74) is 0.916. The minimum absolute atomic E-state index is 0.792. The molecule has 0 aliphatic rings. The van der Waals surface area contributed by atoms with E-state index in [4.69, 9.17) is 5.11 Å². The number of allylic oxidation sites excluding steroid dienone is 1. The van der Waals surface area contributed by atoms with Gasteiger partial charge in [0.25, 0.3) is 0 Å². The summed E-state index contributed by atoms with van der Waals surface area (Å²) in [6.45, 7) is 1.90. The average Bonchev–Trinajstić information content (AvgIpc) is 2.73. The lowest BCUT2D eigenvalue weighted by Crippen LogP contribution is -2.33. The molecule has 28 heavy (non-hydrogen) atoms. The van der Waals surface area contributed by atoms with Crippen LogP contribution in [0, 0.1) is 0 Å². The second-order valence-corrected chi connectivity index (χ2v) is 10.6. The third-order valence-corrected chi connectivity index (χ3v) is 9.55. The summed E-state index contributed by atoms with van der Waals surface area (Å²) in [5, 5.41) is 13.1. The van der Waals surface area contributed by atoms with Crippen LogP contribution in [0.1, 0.15) is 19.8 Å². The van der Waals surface area contributed by atoms with Crippen molar-refractivity contribution in [2.75, 3.05) is 6.16 Å². The van der Waals surface area contributed by atoms with Gasteiger partial charge in [-0.3, -0.25) is 0 Å². The second kappa shape index (κ2) is 9.48. The summed E-state index contributed by atoms with van der Waals surface area (Å²) in [6.07, 6.45) is 4.08. The minimum Gasteiger partial charge on any atom is -0.478 e. The Bertz CT molecular complexity index is 822. The third kappa shape index (κ3) is 4.58. The molecule has 3 heteroatoms. The Kier molecular flexibility index (Phi) is 6.79. The number of benzene rings is 3. The van der Waals surface area contributed by atoms with Gasteiger partial charge in [0, 0.05) is 6.08 Å². The van der Waals surface area contributed by atoms with Gasteiger partial charge in [-0.2, -0.15) is 0 Å². The van der Waals surface area contributed by atoms with Crippen molar-refractivity contribution >= 4 is 29.1 Å². The molecule has 0 amide bonds. The predicted octanol–water partition coefficient (Wildman–Crippen LogP) is 4.79. The Morgan fingerprint density at radius 3 is 1.54 bits per heavy atom. The quantitative estimate of drug-likeness (QED) is 0.444. The van der Waals surface area contributed by atoms with Crippen LogP contribution in [-0.4, -0.2) is 17.2 Å². The fourth-order valence-electron chi connectivity index (χ4n) is 3.76. The lowest BCUT2D eigenvalue weighted by atomic mass is 10.2. The molecule has 0 atom stereocenters. The SMILES string of the molecule is C/C(=C\C(=O)O)CCC[P+](c1ccccc1)(c1ccccc1)c1ccccc1. The molecule has 3 aromatic carbocycles. The Balaban J connectivity index is 2.08. The predicted molar refractivity (Wildman–Crippen MR) is 121 cm³/mol. The maximum Gasteiger partial charge on any atom is 0.328 e. The van der Waals surface area contributed by atoms with Crippen molar-refractivity contribution in [3.63, 3.8) is 0 Å². The molecule has 0 fully saturated rings. The third-order valence-electron chi connectivity index (χ3n) is 5.03. The van der Waals surface area contributed by atoms with Crippen LogP contribution in [0.5, 0.6) is 0 Å². The van der Waals surface area contributed by atoms with E-state index in [-0.39, 0.29) is 0 Å². The molecule has 2 nitrogen and oxygen atoms in total. The van der Waals surface area contributed by atoms with E-state index in [2.05, 4.69) is 91.0 Å². The Morgan fingerprint density at radius 2 is 1.18 bits per heavy atom. The smallest absolute Gasteiger partial charge is 0.328 e. The van der Waals surface area contributed by atoms with E-state index >= 15 is 0 Å². The van der Waals surface area contributed by atoms with Crippen LogP contribution in [0.4, 0.5) is 0 Å². The zero-order valence-corrected chi connectivity index (χ0v) is 17.1. The van der Waals surface area contributed by atoms with Crippen LogP contribution < -0.4 is 15.9 Å². The highest BCUT2D eigenvalue weighted by Gasteiger charge is 2.44. The van der Waals surface area contributed by atoms with Crippen molar-refractivity contribution in [3.05, 3.63) is 103 Å². The van der Waals surface area contributed by atoms with Crippen molar-refractivity contribution < 1.29 is 9.90 Å². The molecule has 3 aromatic rings. The van der Waals surface area contributed by atoms with Gasteiger partial charge >= 0.3 is 5.97 Å². The first-order chi connectivity index (χ1) is 13.6. The first-order valence-electron chi connectivity index (χ1n) is 9.58. The zero-order chi connectivity index (χ0) is 19.8. The number of carboxylic acids is 1. The van der Waals surface area contributed by atoms with Crippen molar-refractivity contribution in [2.24, 2.45) is 0 Å². The van der Waals surface area contributed by atoms with Crippen molar-refractivity contribution in [1.82, 2.24) is 0 Å². The largest absolute Gasteiger partial charge is 0.478 e. The topological polar surface area (TPSA) is 37.3 Å². The van der Waals surface area contributed by atoms with E-state index in [1.54, 1.807) is 0 Å². The molecule has 0 aromatic heterocycles. The van der Waals surface area contributed by atoms with Crippen LogP contribution >= 0.6 is 7.26 Å². The average molecular weight is 389 g/mol. The highest BCUT2D eigenvalue weighted by molar-refractivity contribution is 7.95. The van der Waals surface area contributed by atoms with Gasteiger partial charge in [-0.15, -0.1) is 0 Å². The molecule has 0 saturated carbocycles. The molecule has 0 bridgehead atoms. The fourth-order valence-corrected chi connectivity index (χ4v) is 8.10. The van der Waals surface area contributed by atoms with Crippen LogP contribution in [0.25, 0.3) is 0 Å². The molecule has 0 radical (unpaired) electrons. The van der Waals surface area contributed by atoms with Crippen molar-refractivity contribution in [2.45, 2.75) is 19.8 Å². The standard InChI is InChI=1S/C25H25O2P/c1-21(20-25(26)27)12-11-19-28(22-13-5-2-6-14-22,23-15-7-3-8-16-23)24-17-9-4-10-18-24/h2-10,13-18,20H,11-12,19H2,1H3/p+1/b21-20+. The monoisotopic (exact) mass is 389 g/mol. The van der Waals surface area contributed by atoms with Gasteiger partial charge in [0.15, 0.2) is 0 Å². The lowest BCUT2D eigenvalue weighted by molar-refractivity contribution is -0.131.